The van der Waals surface area contributed by atoms with Crippen molar-refractivity contribution in [3.05, 3.63) is 58.7 Å². The van der Waals surface area contributed by atoms with Crippen molar-refractivity contribution >= 4 is 22.1 Å². The molecule has 2 aromatic rings. The lowest BCUT2D eigenvalue weighted by Gasteiger charge is -2.33. The van der Waals surface area contributed by atoms with Gasteiger partial charge in [-0.1, -0.05) is 37.0 Å². The van der Waals surface area contributed by atoms with Gasteiger partial charge in [-0.25, -0.2) is 13.8 Å². The van der Waals surface area contributed by atoms with E-state index in [0.717, 1.165) is 37.7 Å². The van der Waals surface area contributed by atoms with E-state index in [2.05, 4.69) is 10.5 Å². The zero-order valence-corrected chi connectivity index (χ0v) is 19.7. The van der Waals surface area contributed by atoms with Crippen LogP contribution in [0.15, 0.2) is 46.4 Å². The first-order valence-electron chi connectivity index (χ1n) is 10.9. The second kappa shape index (κ2) is 10.3. The molecule has 1 fully saturated rings. The monoisotopic (exact) mass is 457 g/mol. The first kappa shape index (κ1) is 23.9. The van der Waals surface area contributed by atoms with Crippen molar-refractivity contribution in [2.45, 2.75) is 63.8 Å². The average Bonchev–Trinajstić information content (AvgIpc) is 2.73. The molecule has 2 N–H and O–H groups in total. The standard InChI is InChI=1S/C24H31N3O4S/c1-17-13-18(2)24(19(3)14-17)32(30,31)27(21-7-5-4-6-8-21)16-23(29)26-25-15-20-9-11-22(28)12-10-20/h9-15,21,28H,4-8,16H2,1-3H3,(H,26,29)/b25-15+. The van der Waals surface area contributed by atoms with Crippen LogP contribution in [0.3, 0.4) is 0 Å². The van der Waals surface area contributed by atoms with Gasteiger partial charge in [0.25, 0.3) is 5.91 Å². The third-order valence-electron chi connectivity index (χ3n) is 5.75. The minimum absolute atomic E-state index is 0.140. The number of phenols is 1. The highest BCUT2D eigenvalue weighted by molar-refractivity contribution is 7.89. The first-order valence-corrected chi connectivity index (χ1v) is 12.3. The maximum absolute atomic E-state index is 13.7. The highest BCUT2D eigenvalue weighted by Gasteiger charge is 2.35. The Morgan fingerprint density at radius 1 is 1.09 bits per heavy atom. The molecular formula is C24H31N3O4S. The van der Waals surface area contributed by atoms with Crippen LogP contribution in [0.25, 0.3) is 0 Å². The molecule has 1 amide bonds. The molecule has 1 saturated carbocycles. The van der Waals surface area contributed by atoms with Crippen molar-refractivity contribution in [2.75, 3.05) is 6.54 Å². The summed E-state index contributed by atoms with van der Waals surface area (Å²) in [5.41, 5.74) is 5.52. The summed E-state index contributed by atoms with van der Waals surface area (Å²) in [6.07, 6.45) is 5.91. The molecule has 32 heavy (non-hydrogen) atoms. The summed E-state index contributed by atoms with van der Waals surface area (Å²) in [5, 5.41) is 13.3. The fourth-order valence-electron chi connectivity index (χ4n) is 4.39. The Morgan fingerprint density at radius 3 is 2.28 bits per heavy atom. The number of aromatic hydroxyl groups is 1. The quantitative estimate of drug-likeness (QED) is 0.488. The largest absolute Gasteiger partial charge is 0.508 e. The molecule has 1 aliphatic carbocycles. The van der Waals surface area contributed by atoms with Gasteiger partial charge in [0.1, 0.15) is 5.75 Å². The zero-order valence-electron chi connectivity index (χ0n) is 18.8. The number of amides is 1. The number of nitrogens with one attached hydrogen (secondary N) is 1. The third kappa shape index (κ3) is 5.75. The molecule has 8 heteroatoms. The number of hydrogen-bond acceptors (Lipinski definition) is 5. The molecule has 0 bridgehead atoms. The van der Waals surface area contributed by atoms with Crippen LogP contribution >= 0.6 is 0 Å². The van der Waals surface area contributed by atoms with Crippen LogP contribution in [0.2, 0.25) is 0 Å². The maximum Gasteiger partial charge on any atom is 0.255 e. The highest BCUT2D eigenvalue weighted by Crippen LogP contribution is 2.31. The fourth-order valence-corrected chi connectivity index (χ4v) is 6.44. The van der Waals surface area contributed by atoms with Crippen LogP contribution in [0.5, 0.6) is 5.75 Å². The molecule has 0 saturated heterocycles. The second-order valence-corrected chi connectivity index (χ2v) is 10.3. The van der Waals surface area contributed by atoms with Gasteiger partial charge in [-0.15, -0.1) is 0 Å². The molecule has 0 aromatic heterocycles. The van der Waals surface area contributed by atoms with Crippen molar-refractivity contribution in [3.63, 3.8) is 0 Å². The van der Waals surface area contributed by atoms with Crippen LogP contribution < -0.4 is 5.43 Å². The van der Waals surface area contributed by atoms with Crippen molar-refractivity contribution < 1.29 is 18.3 Å². The highest BCUT2D eigenvalue weighted by atomic mass is 32.2. The van der Waals surface area contributed by atoms with Gasteiger partial charge >= 0.3 is 0 Å². The van der Waals surface area contributed by atoms with E-state index in [1.165, 1.54) is 22.7 Å². The number of rotatable bonds is 7. The number of hydrogen-bond donors (Lipinski definition) is 2. The minimum atomic E-state index is -3.86. The normalized spacial score (nSPS) is 15.4. The van der Waals surface area contributed by atoms with E-state index < -0.39 is 15.9 Å². The predicted molar refractivity (Wildman–Crippen MR) is 125 cm³/mol. The smallest absolute Gasteiger partial charge is 0.255 e. The lowest BCUT2D eigenvalue weighted by molar-refractivity contribution is -0.121. The van der Waals surface area contributed by atoms with E-state index in [0.29, 0.717) is 16.7 Å². The second-order valence-electron chi connectivity index (χ2n) is 8.45. The fraction of sp³-hybridized carbons (Fsp3) is 0.417. The summed E-state index contributed by atoms with van der Waals surface area (Å²) < 4.78 is 28.8. The summed E-state index contributed by atoms with van der Waals surface area (Å²) in [5.74, 6) is -0.349. The van der Waals surface area contributed by atoms with Gasteiger partial charge in [0, 0.05) is 6.04 Å². The summed E-state index contributed by atoms with van der Waals surface area (Å²) in [7, 11) is -3.86. The van der Waals surface area contributed by atoms with E-state index in [4.69, 9.17) is 0 Å². The zero-order chi connectivity index (χ0) is 23.3. The van der Waals surface area contributed by atoms with Crippen molar-refractivity contribution in [1.29, 1.82) is 0 Å². The lowest BCUT2D eigenvalue weighted by atomic mass is 9.95. The summed E-state index contributed by atoms with van der Waals surface area (Å²) in [6.45, 7) is 5.25. The molecule has 0 radical (unpaired) electrons. The number of carbonyl (C=O) groups excluding carboxylic acids is 1. The molecule has 0 heterocycles. The number of benzene rings is 2. The third-order valence-corrected chi connectivity index (χ3v) is 7.95. The van der Waals surface area contributed by atoms with Crippen molar-refractivity contribution in [1.82, 2.24) is 9.73 Å². The Labute approximate surface area is 190 Å². The van der Waals surface area contributed by atoms with Crippen LogP contribution in [-0.2, 0) is 14.8 Å². The topological polar surface area (TPSA) is 99.1 Å². The Bertz CT molecular complexity index is 1070. The lowest BCUT2D eigenvalue weighted by Crippen LogP contribution is -2.46. The molecule has 0 aliphatic heterocycles. The minimum Gasteiger partial charge on any atom is -0.508 e. The molecule has 3 rings (SSSR count). The Morgan fingerprint density at radius 2 is 1.69 bits per heavy atom. The Balaban J connectivity index is 1.83. The van der Waals surface area contributed by atoms with E-state index in [9.17, 15) is 18.3 Å². The van der Waals surface area contributed by atoms with Gasteiger partial charge in [-0.3, -0.25) is 4.79 Å². The van der Waals surface area contributed by atoms with Crippen LogP contribution in [0, 0.1) is 20.8 Å². The number of phenolic OH excluding ortho intramolecular Hbond substituents is 1. The summed E-state index contributed by atoms with van der Waals surface area (Å²) in [4.78, 5) is 13.0. The van der Waals surface area contributed by atoms with E-state index >= 15 is 0 Å². The van der Waals surface area contributed by atoms with E-state index in [1.54, 1.807) is 26.0 Å². The van der Waals surface area contributed by atoms with E-state index in [1.807, 2.05) is 19.1 Å². The average molecular weight is 458 g/mol. The SMILES string of the molecule is Cc1cc(C)c(S(=O)(=O)N(CC(=O)N/N=C/c2ccc(O)cc2)C2CCCCC2)c(C)c1. The molecule has 0 spiro atoms. The molecule has 2 aromatic carbocycles. The number of carbonyl (C=O) groups is 1. The van der Waals surface area contributed by atoms with Crippen molar-refractivity contribution in [3.8, 4) is 5.75 Å². The number of nitrogens with zero attached hydrogens (tertiary/aromatic N) is 2. The molecule has 0 atom stereocenters. The molecule has 172 valence electrons. The van der Waals surface area contributed by atoms with E-state index in [-0.39, 0.29) is 23.2 Å². The maximum atomic E-state index is 13.7. The van der Waals surface area contributed by atoms with Gasteiger partial charge < -0.3 is 5.11 Å². The molecular weight excluding hydrogens is 426 g/mol. The summed E-state index contributed by atoms with van der Waals surface area (Å²) in [6, 6.07) is 9.88. The number of hydrazone groups is 1. The molecule has 1 aliphatic rings. The Hall–Kier alpha value is -2.71. The molecule has 0 unspecified atom stereocenters. The van der Waals surface area contributed by atoms with Gasteiger partial charge in [-0.05, 0) is 74.6 Å². The predicted octanol–water partition coefficient (Wildman–Crippen LogP) is 3.79. The van der Waals surface area contributed by atoms with Gasteiger partial charge in [0.2, 0.25) is 10.0 Å². The number of sulfonamides is 1. The first-order chi connectivity index (χ1) is 15.2. The van der Waals surface area contributed by atoms with Gasteiger partial charge in [0.05, 0.1) is 17.7 Å². The van der Waals surface area contributed by atoms with Gasteiger partial charge in [0.15, 0.2) is 0 Å². The van der Waals surface area contributed by atoms with Gasteiger partial charge in [-0.2, -0.15) is 9.41 Å². The van der Waals surface area contributed by atoms with Crippen LogP contribution in [-0.4, -0.2) is 42.5 Å². The van der Waals surface area contributed by atoms with Crippen LogP contribution in [0.4, 0.5) is 0 Å². The van der Waals surface area contributed by atoms with Crippen molar-refractivity contribution in [2.24, 2.45) is 5.10 Å². The van der Waals surface area contributed by atoms with Crippen LogP contribution in [0.1, 0.15) is 54.4 Å². The Kier molecular flexibility index (Phi) is 7.69. The molecule has 7 nitrogen and oxygen atoms in total. The summed E-state index contributed by atoms with van der Waals surface area (Å²) >= 11 is 0. The number of aryl methyl sites for hydroxylation is 3.